The summed E-state index contributed by atoms with van der Waals surface area (Å²) in [4.78, 5) is 0. The Morgan fingerprint density at radius 1 is 1.29 bits per heavy atom. The van der Waals surface area contributed by atoms with E-state index < -0.39 is 24.4 Å². The van der Waals surface area contributed by atoms with Gasteiger partial charge in [0.1, 0.15) is 6.10 Å². The van der Waals surface area contributed by atoms with Crippen LogP contribution in [0.25, 0.3) is 0 Å². The maximum absolute atomic E-state index is 9.67. The zero-order valence-electron chi connectivity index (χ0n) is 8.46. The van der Waals surface area contributed by atoms with Crippen LogP contribution in [0.1, 0.15) is 13.3 Å². The van der Waals surface area contributed by atoms with Crippen LogP contribution in [0.2, 0.25) is 0 Å². The molecule has 1 unspecified atom stereocenters. The van der Waals surface area contributed by atoms with E-state index in [1.54, 1.807) is 0 Å². The third-order valence-electron chi connectivity index (χ3n) is 2.70. The van der Waals surface area contributed by atoms with Crippen molar-refractivity contribution in [3.05, 3.63) is 0 Å². The highest BCUT2D eigenvalue weighted by Gasteiger charge is 2.43. The van der Waals surface area contributed by atoms with Crippen molar-refractivity contribution >= 4 is 0 Å². The van der Waals surface area contributed by atoms with Gasteiger partial charge in [-0.2, -0.15) is 0 Å². The fraction of sp³-hybridized carbons (Fsp3) is 1.00. The molecule has 0 aliphatic carbocycles. The van der Waals surface area contributed by atoms with Crippen LogP contribution in [0, 0.1) is 5.92 Å². The van der Waals surface area contributed by atoms with Crippen LogP contribution in [-0.4, -0.2) is 53.6 Å². The van der Waals surface area contributed by atoms with Crippen molar-refractivity contribution in [1.82, 2.24) is 0 Å². The van der Waals surface area contributed by atoms with Crippen LogP contribution in [0.5, 0.6) is 0 Å². The lowest BCUT2D eigenvalue weighted by molar-refractivity contribution is -0.281. The highest BCUT2D eigenvalue weighted by Crippen LogP contribution is 2.27. The SMILES string of the molecule is CCC1O[C@@H](OC)[C@H](O)[C@@H](O)[C@@H]1CO. The molecule has 0 aromatic rings. The lowest BCUT2D eigenvalue weighted by Crippen LogP contribution is -2.55. The highest BCUT2D eigenvalue weighted by molar-refractivity contribution is 4.88. The molecule has 0 spiro atoms. The number of methoxy groups -OCH3 is 1. The Hall–Kier alpha value is -0.200. The molecular weight excluding hydrogens is 188 g/mol. The minimum absolute atomic E-state index is 0.201. The van der Waals surface area contributed by atoms with E-state index in [9.17, 15) is 10.2 Å². The minimum atomic E-state index is -1.10. The van der Waals surface area contributed by atoms with Gasteiger partial charge in [0.15, 0.2) is 6.29 Å². The molecule has 14 heavy (non-hydrogen) atoms. The van der Waals surface area contributed by atoms with Crippen molar-refractivity contribution in [2.75, 3.05) is 13.7 Å². The Morgan fingerprint density at radius 2 is 1.93 bits per heavy atom. The average molecular weight is 206 g/mol. The third kappa shape index (κ3) is 2.07. The van der Waals surface area contributed by atoms with E-state index in [1.165, 1.54) is 7.11 Å². The molecule has 0 bridgehead atoms. The summed E-state index contributed by atoms with van der Waals surface area (Å²) in [5.41, 5.74) is 0. The van der Waals surface area contributed by atoms with Crippen LogP contribution in [0.4, 0.5) is 0 Å². The summed E-state index contributed by atoms with van der Waals surface area (Å²) in [6.07, 6.45) is -2.51. The first kappa shape index (κ1) is 11.9. The van der Waals surface area contributed by atoms with Crippen LogP contribution < -0.4 is 0 Å². The van der Waals surface area contributed by atoms with Crippen molar-refractivity contribution in [3.8, 4) is 0 Å². The molecule has 5 heteroatoms. The quantitative estimate of drug-likeness (QED) is 0.557. The summed E-state index contributed by atoms with van der Waals surface area (Å²) in [7, 11) is 1.41. The second-order valence-corrected chi connectivity index (χ2v) is 3.51. The van der Waals surface area contributed by atoms with Crippen LogP contribution in [0.15, 0.2) is 0 Å². The number of hydrogen-bond donors (Lipinski definition) is 3. The number of rotatable bonds is 3. The van der Waals surface area contributed by atoms with Crippen LogP contribution >= 0.6 is 0 Å². The van der Waals surface area contributed by atoms with E-state index in [2.05, 4.69) is 0 Å². The van der Waals surface area contributed by atoms with E-state index in [0.29, 0.717) is 6.42 Å². The molecule has 1 aliphatic heterocycles. The molecule has 1 heterocycles. The van der Waals surface area contributed by atoms with Gasteiger partial charge < -0.3 is 24.8 Å². The fourth-order valence-corrected chi connectivity index (χ4v) is 1.81. The van der Waals surface area contributed by atoms with Gasteiger partial charge in [-0.25, -0.2) is 0 Å². The number of aliphatic hydroxyl groups excluding tert-OH is 3. The largest absolute Gasteiger partial charge is 0.396 e. The zero-order chi connectivity index (χ0) is 10.7. The van der Waals surface area contributed by atoms with E-state index in [1.807, 2.05) is 6.92 Å². The molecule has 1 aliphatic rings. The van der Waals surface area contributed by atoms with Crippen LogP contribution in [-0.2, 0) is 9.47 Å². The van der Waals surface area contributed by atoms with Crippen molar-refractivity contribution in [1.29, 1.82) is 0 Å². The molecule has 0 aromatic heterocycles. The van der Waals surface area contributed by atoms with Crippen molar-refractivity contribution in [2.24, 2.45) is 5.92 Å². The molecule has 0 radical (unpaired) electrons. The molecular formula is C9H18O5. The lowest BCUT2D eigenvalue weighted by Gasteiger charge is -2.41. The standard InChI is InChI=1S/C9H18O5/c1-3-6-5(4-10)7(11)8(12)9(13-2)14-6/h5-12H,3-4H2,1-2H3/t5-,6?,7+,8-,9-/m1/s1. The Balaban J connectivity index is 2.71. The van der Waals surface area contributed by atoms with Crippen LogP contribution in [0.3, 0.4) is 0 Å². The minimum Gasteiger partial charge on any atom is -0.396 e. The highest BCUT2D eigenvalue weighted by atomic mass is 16.7. The summed E-state index contributed by atoms with van der Waals surface area (Å²) in [5.74, 6) is -0.443. The smallest absolute Gasteiger partial charge is 0.185 e. The maximum atomic E-state index is 9.67. The zero-order valence-corrected chi connectivity index (χ0v) is 8.46. The van der Waals surface area contributed by atoms with E-state index in [0.717, 1.165) is 0 Å². The maximum Gasteiger partial charge on any atom is 0.185 e. The van der Waals surface area contributed by atoms with Gasteiger partial charge in [-0.1, -0.05) is 6.92 Å². The molecule has 5 nitrogen and oxygen atoms in total. The summed E-state index contributed by atoms with van der Waals surface area (Å²) in [5, 5.41) is 28.3. The molecule has 1 saturated heterocycles. The van der Waals surface area contributed by atoms with Gasteiger partial charge in [0.05, 0.1) is 18.8 Å². The van der Waals surface area contributed by atoms with Gasteiger partial charge in [-0.15, -0.1) is 0 Å². The Morgan fingerprint density at radius 3 is 2.36 bits per heavy atom. The summed E-state index contributed by atoms with van der Waals surface area (Å²) in [6.45, 7) is 1.69. The van der Waals surface area contributed by atoms with Crippen molar-refractivity contribution < 1.29 is 24.8 Å². The molecule has 3 N–H and O–H groups in total. The molecule has 1 fully saturated rings. The topological polar surface area (TPSA) is 79.2 Å². The van der Waals surface area contributed by atoms with E-state index >= 15 is 0 Å². The first-order valence-corrected chi connectivity index (χ1v) is 4.80. The molecule has 1 rings (SSSR count). The normalized spacial score (nSPS) is 43.9. The first-order valence-electron chi connectivity index (χ1n) is 4.80. The third-order valence-corrected chi connectivity index (χ3v) is 2.70. The van der Waals surface area contributed by atoms with Crippen molar-refractivity contribution in [2.45, 2.75) is 37.9 Å². The second-order valence-electron chi connectivity index (χ2n) is 3.51. The summed E-state index contributed by atoms with van der Waals surface area (Å²) < 4.78 is 10.3. The Labute approximate surface area is 83.3 Å². The van der Waals surface area contributed by atoms with E-state index in [4.69, 9.17) is 14.6 Å². The molecule has 0 amide bonds. The Kier molecular flexibility index (Phi) is 4.28. The monoisotopic (exact) mass is 206 g/mol. The van der Waals surface area contributed by atoms with Gasteiger partial charge >= 0.3 is 0 Å². The molecule has 0 aromatic carbocycles. The summed E-state index contributed by atoms with van der Waals surface area (Å²) in [6, 6.07) is 0. The van der Waals surface area contributed by atoms with Gasteiger partial charge in [0.25, 0.3) is 0 Å². The Bertz CT molecular complexity index is 173. The van der Waals surface area contributed by atoms with Crippen molar-refractivity contribution in [3.63, 3.8) is 0 Å². The predicted octanol–water partition coefficient (Wildman–Crippen LogP) is -0.902. The van der Waals surface area contributed by atoms with Gasteiger partial charge in [-0.05, 0) is 6.42 Å². The average Bonchev–Trinajstić information content (AvgIpc) is 2.21. The fourth-order valence-electron chi connectivity index (χ4n) is 1.81. The number of aliphatic hydroxyl groups is 3. The molecule has 5 atom stereocenters. The van der Waals surface area contributed by atoms with Gasteiger partial charge in [0, 0.05) is 13.0 Å². The second kappa shape index (κ2) is 5.04. The van der Waals surface area contributed by atoms with Gasteiger partial charge in [0.2, 0.25) is 0 Å². The van der Waals surface area contributed by atoms with Gasteiger partial charge in [-0.3, -0.25) is 0 Å². The first-order chi connectivity index (χ1) is 6.65. The molecule has 0 saturated carbocycles. The lowest BCUT2D eigenvalue weighted by atomic mass is 9.88. The molecule has 84 valence electrons. The van der Waals surface area contributed by atoms with E-state index in [-0.39, 0.29) is 12.7 Å². The number of ether oxygens (including phenoxy) is 2. The summed E-state index contributed by atoms with van der Waals surface area (Å²) >= 11 is 0. The number of hydrogen-bond acceptors (Lipinski definition) is 5. The predicted molar refractivity (Wildman–Crippen MR) is 48.6 cm³/mol.